The van der Waals surface area contributed by atoms with Crippen LogP contribution in [0.1, 0.15) is 40.7 Å². The van der Waals surface area contributed by atoms with Crippen molar-refractivity contribution in [3.05, 3.63) is 88.2 Å². The molecule has 1 aliphatic heterocycles. The van der Waals surface area contributed by atoms with Crippen molar-refractivity contribution in [1.29, 1.82) is 0 Å². The van der Waals surface area contributed by atoms with Gasteiger partial charge in [0.2, 0.25) is 0 Å². The number of carbonyl (C=O) groups excluding carboxylic acids is 1. The van der Waals surface area contributed by atoms with E-state index in [2.05, 4.69) is 60.5 Å². The molecule has 0 bridgehead atoms. The second-order valence-corrected chi connectivity index (χ2v) is 8.43. The van der Waals surface area contributed by atoms with Gasteiger partial charge in [-0.15, -0.1) is 0 Å². The maximum atomic E-state index is 14.3. The molecule has 0 unspecified atom stereocenters. The Labute approximate surface area is 217 Å². The van der Waals surface area contributed by atoms with Crippen LogP contribution in [0.3, 0.4) is 0 Å². The fourth-order valence-electron chi connectivity index (χ4n) is 4.51. The van der Waals surface area contributed by atoms with Crippen molar-refractivity contribution in [1.82, 2.24) is 0 Å². The minimum absolute atomic E-state index is 0. The summed E-state index contributed by atoms with van der Waals surface area (Å²) in [5.74, 6) is -1.57. The summed E-state index contributed by atoms with van der Waals surface area (Å²) in [5.41, 5.74) is 8.63. The van der Waals surface area contributed by atoms with Crippen LogP contribution in [0.15, 0.2) is 54.6 Å². The average Bonchev–Trinajstić information content (AvgIpc) is 2.78. The molecular weight excluding hydrogens is 426 g/mol. The first-order valence-corrected chi connectivity index (χ1v) is 11.1. The standard InChI is InChI=1S/C27H29FN2O2.Na/c1-18-6-3-4-8-25(18)30-15-5-7-21-9-10-22(19(2)27(21)30)17-29-23-13-11-20(24(28)16-23)12-14-26(31)32;/h3-4,6,8-11,13,16,29H,5,7,12,14-15,17H2,1-2H3,(H,31,32);/q;+1/p-1. The number of carbonyl (C=O) groups is 1. The number of aliphatic carboxylic acids is 1. The van der Waals surface area contributed by atoms with Crippen LogP contribution in [0.2, 0.25) is 0 Å². The fraction of sp³-hybridized carbons (Fsp3) is 0.296. The van der Waals surface area contributed by atoms with E-state index in [0.717, 1.165) is 19.4 Å². The molecule has 0 fully saturated rings. The zero-order valence-corrected chi connectivity index (χ0v) is 21.6. The maximum absolute atomic E-state index is 14.3. The summed E-state index contributed by atoms with van der Waals surface area (Å²) >= 11 is 0. The van der Waals surface area contributed by atoms with E-state index in [9.17, 15) is 14.3 Å². The van der Waals surface area contributed by atoms with Crippen LogP contribution >= 0.6 is 0 Å². The van der Waals surface area contributed by atoms with Crippen LogP contribution in [0.4, 0.5) is 21.5 Å². The molecule has 33 heavy (non-hydrogen) atoms. The Morgan fingerprint density at radius 3 is 2.58 bits per heavy atom. The van der Waals surface area contributed by atoms with Crippen LogP contribution in [0, 0.1) is 19.7 Å². The van der Waals surface area contributed by atoms with Crippen molar-refractivity contribution in [3.63, 3.8) is 0 Å². The average molecular weight is 455 g/mol. The zero-order chi connectivity index (χ0) is 22.7. The van der Waals surface area contributed by atoms with E-state index in [0.29, 0.717) is 17.8 Å². The van der Waals surface area contributed by atoms with Gasteiger partial charge in [0.15, 0.2) is 0 Å². The number of halogens is 1. The van der Waals surface area contributed by atoms with Crippen molar-refractivity contribution in [3.8, 4) is 0 Å². The first-order chi connectivity index (χ1) is 15.4. The summed E-state index contributed by atoms with van der Waals surface area (Å²) < 4.78 is 14.3. The smallest absolute Gasteiger partial charge is 0.550 e. The molecule has 0 saturated carbocycles. The Morgan fingerprint density at radius 1 is 1.09 bits per heavy atom. The molecule has 0 amide bonds. The number of anilines is 3. The number of nitrogens with zero attached hydrogens (tertiary/aromatic N) is 1. The molecule has 6 heteroatoms. The number of rotatable bonds is 7. The van der Waals surface area contributed by atoms with E-state index in [1.165, 1.54) is 39.7 Å². The minimum atomic E-state index is -1.17. The molecule has 0 aromatic heterocycles. The molecule has 1 heterocycles. The summed E-state index contributed by atoms with van der Waals surface area (Å²) in [6, 6.07) is 17.7. The molecule has 3 aromatic carbocycles. The van der Waals surface area contributed by atoms with E-state index >= 15 is 0 Å². The van der Waals surface area contributed by atoms with Crippen molar-refractivity contribution < 1.29 is 43.8 Å². The van der Waals surface area contributed by atoms with E-state index in [4.69, 9.17) is 0 Å². The zero-order valence-electron chi connectivity index (χ0n) is 19.6. The third-order valence-electron chi connectivity index (χ3n) is 6.27. The van der Waals surface area contributed by atoms with Gasteiger partial charge in [-0.2, -0.15) is 0 Å². The number of carboxylic acids is 1. The Morgan fingerprint density at radius 2 is 1.85 bits per heavy atom. The van der Waals surface area contributed by atoms with Gasteiger partial charge in [-0.3, -0.25) is 0 Å². The van der Waals surface area contributed by atoms with Crippen LogP contribution in [0.25, 0.3) is 0 Å². The number of carboxylic acid groups (broad SMARTS) is 1. The van der Waals surface area contributed by atoms with Gasteiger partial charge in [-0.05, 0) is 85.5 Å². The Bertz CT molecular complexity index is 1150. The van der Waals surface area contributed by atoms with E-state index in [-0.39, 0.29) is 42.4 Å². The largest absolute Gasteiger partial charge is 1.00 e. The first kappa shape index (κ1) is 25.3. The number of aryl methyl sites for hydroxylation is 3. The van der Waals surface area contributed by atoms with Gasteiger partial charge in [0.05, 0.1) is 0 Å². The van der Waals surface area contributed by atoms with Gasteiger partial charge >= 0.3 is 29.6 Å². The third-order valence-corrected chi connectivity index (χ3v) is 6.27. The molecule has 3 aromatic rings. The molecule has 1 N–H and O–H groups in total. The summed E-state index contributed by atoms with van der Waals surface area (Å²) in [6.07, 6.45) is 2.15. The van der Waals surface area contributed by atoms with Crippen LogP contribution in [-0.4, -0.2) is 12.5 Å². The van der Waals surface area contributed by atoms with Gasteiger partial charge in [-0.1, -0.05) is 36.4 Å². The van der Waals surface area contributed by atoms with Gasteiger partial charge in [0.25, 0.3) is 0 Å². The van der Waals surface area contributed by atoms with Crippen LogP contribution in [-0.2, 0) is 24.2 Å². The normalized spacial score (nSPS) is 12.6. The number of hydrogen-bond donors (Lipinski definition) is 1. The molecule has 166 valence electrons. The minimum Gasteiger partial charge on any atom is -0.550 e. The topological polar surface area (TPSA) is 55.4 Å². The maximum Gasteiger partial charge on any atom is 1.00 e. The monoisotopic (exact) mass is 454 g/mol. The molecule has 4 rings (SSSR count). The quantitative estimate of drug-likeness (QED) is 0.554. The second kappa shape index (κ2) is 11.2. The Balaban J connectivity index is 0.00000306. The molecule has 0 aliphatic carbocycles. The predicted molar refractivity (Wildman–Crippen MR) is 125 cm³/mol. The Hall–Kier alpha value is -2.34. The molecule has 0 atom stereocenters. The number of benzene rings is 3. The number of hydrogen-bond acceptors (Lipinski definition) is 4. The fourth-order valence-corrected chi connectivity index (χ4v) is 4.51. The van der Waals surface area contributed by atoms with E-state index < -0.39 is 11.8 Å². The molecule has 0 radical (unpaired) electrons. The molecule has 0 saturated heterocycles. The van der Waals surface area contributed by atoms with Gasteiger partial charge in [0, 0.05) is 36.1 Å². The van der Waals surface area contributed by atoms with E-state index in [1.807, 2.05) is 0 Å². The Kier molecular flexibility index (Phi) is 8.57. The molecular formula is C27H28FN2NaO2. The SMILES string of the molecule is Cc1ccccc1N1CCCc2ccc(CNc3ccc(CCC(=O)[O-])c(F)c3)c(C)c21.[Na+]. The van der Waals surface area contributed by atoms with Gasteiger partial charge < -0.3 is 20.1 Å². The predicted octanol–water partition coefficient (Wildman–Crippen LogP) is 1.83. The summed E-state index contributed by atoms with van der Waals surface area (Å²) in [6.45, 7) is 5.89. The van der Waals surface area contributed by atoms with Gasteiger partial charge in [0.1, 0.15) is 5.82 Å². The summed E-state index contributed by atoms with van der Waals surface area (Å²) in [4.78, 5) is 13.1. The number of fused-ring (bicyclic) bond motifs is 1. The van der Waals surface area contributed by atoms with Crippen molar-refractivity contribution in [2.45, 2.75) is 46.1 Å². The third kappa shape index (κ3) is 5.78. The molecule has 1 aliphatic rings. The van der Waals surface area contributed by atoms with Crippen LogP contribution in [0.5, 0.6) is 0 Å². The summed E-state index contributed by atoms with van der Waals surface area (Å²) in [7, 11) is 0. The molecule has 4 nitrogen and oxygen atoms in total. The first-order valence-electron chi connectivity index (χ1n) is 11.1. The van der Waals surface area contributed by atoms with Crippen molar-refractivity contribution >= 4 is 23.0 Å². The number of para-hydroxylation sites is 1. The van der Waals surface area contributed by atoms with Gasteiger partial charge in [-0.25, -0.2) is 4.39 Å². The van der Waals surface area contributed by atoms with Crippen molar-refractivity contribution in [2.24, 2.45) is 0 Å². The van der Waals surface area contributed by atoms with Crippen LogP contribution < -0.4 is 44.9 Å². The summed E-state index contributed by atoms with van der Waals surface area (Å²) in [5, 5.41) is 13.9. The van der Waals surface area contributed by atoms with Crippen molar-refractivity contribution in [2.75, 3.05) is 16.8 Å². The van der Waals surface area contributed by atoms with E-state index in [1.54, 1.807) is 12.1 Å². The second-order valence-electron chi connectivity index (χ2n) is 8.43. The number of nitrogens with one attached hydrogen (secondary N) is 1. The molecule has 0 spiro atoms.